The summed E-state index contributed by atoms with van der Waals surface area (Å²) in [5.41, 5.74) is 3.84. The molecule has 0 fully saturated rings. The van der Waals surface area contributed by atoms with Crippen molar-refractivity contribution in [3.8, 4) is 0 Å². The quantitative estimate of drug-likeness (QED) is 0.501. The Hall–Kier alpha value is -3.32. The van der Waals surface area contributed by atoms with E-state index in [2.05, 4.69) is 15.5 Å². The van der Waals surface area contributed by atoms with Crippen molar-refractivity contribution in [2.24, 2.45) is 0 Å². The number of rotatable bonds is 4. The molecule has 3 rings (SSSR count). The van der Waals surface area contributed by atoms with Crippen molar-refractivity contribution >= 4 is 22.7 Å². The third-order valence-corrected chi connectivity index (χ3v) is 3.91. The molecule has 25 heavy (non-hydrogen) atoms. The van der Waals surface area contributed by atoms with Gasteiger partial charge in [0.05, 0.1) is 23.3 Å². The van der Waals surface area contributed by atoms with Gasteiger partial charge >= 0.3 is 0 Å². The molecule has 3 aromatic rings. The molecule has 0 aliphatic heterocycles. The third kappa shape index (κ3) is 3.46. The number of nitrogens with zero attached hydrogens (tertiary/aromatic N) is 2. The lowest BCUT2D eigenvalue weighted by Gasteiger charge is -2.15. The summed E-state index contributed by atoms with van der Waals surface area (Å²) in [4.78, 5) is 23.9. The maximum absolute atomic E-state index is 12.6. The van der Waals surface area contributed by atoms with E-state index in [4.69, 9.17) is 5.21 Å². The molecule has 0 aliphatic rings. The van der Waals surface area contributed by atoms with E-state index in [-0.39, 0.29) is 11.9 Å². The van der Waals surface area contributed by atoms with Crippen LogP contribution >= 0.6 is 0 Å². The Kier molecular flexibility index (Phi) is 4.67. The average Bonchev–Trinajstić information content (AvgIpc) is 2.66. The summed E-state index contributed by atoms with van der Waals surface area (Å²) in [7, 11) is 0. The largest absolute Gasteiger partial charge is 0.345 e. The maximum atomic E-state index is 12.6. The van der Waals surface area contributed by atoms with E-state index in [0.29, 0.717) is 16.6 Å². The van der Waals surface area contributed by atoms with Gasteiger partial charge < -0.3 is 5.32 Å². The number of hydrogen-bond donors (Lipinski definition) is 3. The first-order valence-corrected chi connectivity index (χ1v) is 7.66. The van der Waals surface area contributed by atoms with Gasteiger partial charge in [0, 0.05) is 10.9 Å². The first-order valence-electron chi connectivity index (χ1n) is 7.66. The van der Waals surface area contributed by atoms with Gasteiger partial charge in [-0.15, -0.1) is 0 Å². The molecule has 0 radical (unpaired) electrons. The van der Waals surface area contributed by atoms with Gasteiger partial charge in [-0.1, -0.05) is 30.3 Å². The van der Waals surface area contributed by atoms with Gasteiger partial charge in [-0.25, -0.2) is 5.48 Å². The van der Waals surface area contributed by atoms with Crippen LogP contribution in [0.1, 0.15) is 39.2 Å². The van der Waals surface area contributed by atoms with Crippen LogP contribution in [-0.4, -0.2) is 27.2 Å². The zero-order valence-electron chi connectivity index (χ0n) is 13.4. The molecule has 3 N–H and O–H groups in total. The molecule has 1 unspecified atom stereocenters. The highest BCUT2D eigenvalue weighted by Crippen LogP contribution is 2.18. The summed E-state index contributed by atoms with van der Waals surface area (Å²) in [6, 6.07) is 13.6. The molecule has 1 atom stereocenters. The fraction of sp³-hybridized carbons (Fsp3) is 0.111. The molecule has 1 aromatic heterocycles. The van der Waals surface area contributed by atoms with E-state index < -0.39 is 5.91 Å². The van der Waals surface area contributed by atoms with E-state index in [1.807, 2.05) is 25.1 Å². The number of benzene rings is 2. The van der Waals surface area contributed by atoms with Crippen molar-refractivity contribution in [3.05, 3.63) is 71.4 Å². The Morgan fingerprint density at radius 3 is 2.48 bits per heavy atom. The molecule has 2 amide bonds. The fourth-order valence-electron chi connectivity index (χ4n) is 2.53. The van der Waals surface area contributed by atoms with Crippen LogP contribution in [0, 0.1) is 0 Å². The first kappa shape index (κ1) is 16.5. The van der Waals surface area contributed by atoms with Gasteiger partial charge in [-0.2, -0.15) is 10.2 Å². The van der Waals surface area contributed by atoms with Crippen molar-refractivity contribution in [2.75, 3.05) is 0 Å². The third-order valence-electron chi connectivity index (χ3n) is 3.91. The zero-order chi connectivity index (χ0) is 17.8. The van der Waals surface area contributed by atoms with Crippen LogP contribution in [0.15, 0.2) is 54.7 Å². The Morgan fingerprint density at radius 1 is 1.04 bits per heavy atom. The summed E-state index contributed by atoms with van der Waals surface area (Å²) >= 11 is 0. The Bertz CT molecular complexity index is 920. The number of hydrogen-bond acceptors (Lipinski definition) is 5. The lowest BCUT2D eigenvalue weighted by atomic mass is 10.0. The van der Waals surface area contributed by atoms with Crippen LogP contribution in [0.3, 0.4) is 0 Å². The highest BCUT2D eigenvalue weighted by atomic mass is 16.5. The minimum Gasteiger partial charge on any atom is -0.345 e. The first-order chi connectivity index (χ1) is 12.1. The summed E-state index contributed by atoms with van der Waals surface area (Å²) in [6.07, 6.45) is 1.44. The smallest absolute Gasteiger partial charge is 0.274 e. The zero-order valence-corrected chi connectivity index (χ0v) is 13.4. The molecule has 0 aliphatic carbocycles. The Labute approximate surface area is 143 Å². The predicted octanol–water partition coefficient (Wildman–Crippen LogP) is 2.24. The standard InChI is InChI=1S/C18H16N4O3/c1-11(12-6-8-13(9-7-12)17(23)22-25)20-18(24)15-10-19-21-16-5-3-2-4-14(15)16/h2-11,25H,1H3,(H,20,24)(H,22,23). The number of aromatic nitrogens is 2. The van der Waals surface area contributed by atoms with Crippen LogP contribution in [0.25, 0.3) is 10.9 Å². The van der Waals surface area contributed by atoms with E-state index in [1.54, 1.807) is 35.8 Å². The molecule has 126 valence electrons. The van der Waals surface area contributed by atoms with Crippen LogP contribution in [0.5, 0.6) is 0 Å². The second-order valence-corrected chi connectivity index (χ2v) is 5.53. The number of amides is 2. The van der Waals surface area contributed by atoms with Gasteiger partial charge in [0.15, 0.2) is 0 Å². The number of fused-ring (bicyclic) bond motifs is 1. The second kappa shape index (κ2) is 7.06. The van der Waals surface area contributed by atoms with Crippen molar-refractivity contribution in [2.45, 2.75) is 13.0 Å². The van der Waals surface area contributed by atoms with Crippen LogP contribution in [0.2, 0.25) is 0 Å². The lowest BCUT2D eigenvalue weighted by molar-refractivity contribution is 0.0706. The average molecular weight is 336 g/mol. The van der Waals surface area contributed by atoms with Crippen LogP contribution in [-0.2, 0) is 0 Å². The fourth-order valence-corrected chi connectivity index (χ4v) is 2.53. The van der Waals surface area contributed by atoms with Gasteiger partial charge in [0.1, 0.15) is 0 Å². The van der Waals surface area contributed by atoms with Gasteiger partial charge in [-0.05, 0) is 30.7 Å². The van der Waals surface area contributed by atoms with Crippen molar-refractivity contribution in [1.82, 2.24) is 21.0 Å². The normalized spacial score (nSPS) is 11.8. The molecular formula is C18H16N4O3. The van der Waals surface area contributed by atoms with E-state index >= 15 is 0 Å². The molecule has 0 saturated heterocycles. The van der Waals surface area contributed by atoms with Crippen LogP contribution in [0.4, 0.5) is 0 Å². The summed E-state index contributed by atoms with van der Waals surface area (Å²) in [5, 5.41) is 20.2. The predicted molar refractivity (Wildman–Crippen MR) is 91.1 cm³/mol. The maximum Gasteiger partial charge on any atom is 0.274 e. The SMILES string of the molecule is CC(NC(=O)c1cnnc2ccccc12)c1ccc(C(=O)NO)cc1. The van der Waals surface area contributed by atoms with Crippen LogP contribution < -0.4 is 10.8 Å². The van der Waals surface area contributed by atoms with Crippen molar-refractivity contribution in [3.63, 3.8) is 0 Å². The van der Waals surface area contributed by atoms with E-state index in [1.165, 1.54) is 6.20 Å². The number of carbonyl (C=O) groups excluding carboxylic acids is 2. The number of carbonyl (C=O) groups is 2. The van der Waals surface area contributed by atoms with Gasteiger partial charge in [0.25, 0.3) is 11.8 Å². The minimum atomic E-state index is -0.586. The van der Waals surface area contributed by atoms with Gasteiger partial charge in [0.2, 0.25) is 0 Å². The molecule has 2 aromatic carbocycles. The summed E-state index contributed by atoms with van der Waals surface area (Å²) in [6.45, 7) is 1.84. The summed E-state index contributed by atoms with van der Waals surface area (Å²) in [5.74, 6) is -0.839. The number of nitrogens with one attached hydrogen (secondary N) is 2. The highest BCUT2D eigenvalue weighted by molar-refractivity contribution is 6.05. The van der Waals surface area contributed by atoms with Crippen molar-refractivity contribution in [1.29, 1.82) is 0 Å². The molecule has 0 bridgehead atoms. The minimum absolute atomic E-state index is 0.254. The second-order valence-electron chi connectivity index (χ2n) is 5.53. The van der Waals surface area contributed by atoms with Gasteiger partial charge in [-0.3, -0.25) is 14.8 Å². The highest BCUT2D eigenvalue weighted by Gasteiger charge is 2.15. The molecule has 1 heterocycles. The van der Waals surface area contributed by atoms with E-state index in [0.717, 1.165) is 10.9 Å². The molecular weight excluding hydrogens is 320 g/mol. The lowest BCUT2D eigenvalue weighted by Crippen LogP contribution is -2.27. The molecule has 0 saturated carbocycles. The van der Waals surface area contributed by atoms with Crippen molar-refractivity contribution < 1.29 is 14.8 Å². The topological polar surface area (TPSA) is 104 Å². The Morgan fingerprint density at radius 2 is 1.76 bits per heavy atom. The van der Waals surface area contributed by atoms with E-state index in [9.17, 15) is 9.59 Å². The molecule has 7 nitrogen and oxygen atoms in total. The summed E-state index contributed by atoms with van der Waals surface area (Å²) < 4.78 is 0. The Balaban J connectivity index is 1.79. The monoisotopic (exact) mass is 336 g/mol. The molecule has 0 spiro atoms. The molecule has 7 heteroatoms. The number of hydroxylamine groups is 1.